The maximum Gasteiger partial charge on any atom is 0.166 e. The minimum atomic E-state index is -0.651. The first-order valence-electron chi connectivity index (χ1n) is 14.6. The molecule has 192 valence electrons. The molecule has 2 aliphatic rings. The lowest BCUT2D eigenvalue weighted by Crippen LogP contribution is -2.26. The van der Waals surface area contributed by atoms with E-state index in [-0.39, 0.29) is 0 Å². The minimum Gasteiger partial charge on any atom is -0.203 e. The lowest BCUT2D eigenvalue weighted by Gasteiger charge is -2.38. The number of unbranched alkanes of at least 4 members (excludes halogenated alkanes) is 2. The first-order valence-corrected chi connectivity index (χ1v) is 14.6. The Hall–Kier alpha value is -1.70. The Balaban J connectivity index is 1.27. The Labute approximate surface area is 212 Å². The van der Waals surface area contributed by atoms with Gasteiger partial charge in [-0.1, -0.05) is 63.7 Å². The summed E-state index contributed by atoms with van der Waals surface area (Å²) in [5.74, 6) is 2.13. The van der Waals surface area contributed by atoms with Crippen molar-refractivity contribution in [3.8, 4) is 0 Å². The molecule has 4 rings (SSSR count). The van der Waals surface area contributed by atoms with Crippen LogP contribution in [0.1, 0.15) is 108 Å². The maximum atomic E-state index is 15.0. The van der Waals surface area contributed by atoms with Crippen LogP contribution in [-0.4, -0.2) is 0 Å². The van der Waals surface area contributed by atoms with Gasteiger partial charge in [0, 0.05) is 5.39 Å². The third-order valence-electron chi connectivity index (χ3n) is 9.28. The molecular formula is C33H46F2. The van der Waals surface area contributed by atoms with Crippen molar-refractivity contribution in [2.75, 3.05) is 0 Å². The molecule has 0 aromatic heterocycles. The fraction of sp³-hybridized carbons (Fsp3) is 0.636. The number of hydrogen-bond donors (Lipinski definition) is 0. The largest absolute Gasteiger partial charge is 0.203 e. The molecule has 0 amide bonds. The summed E-state index contributed by atoms with van der Waals surface area (Å²) in [5, 5.41) is 1.28. The van der Waals surface area contributed by atoms with Gasteiger partial charge in [0.05, 0.1) is 0 Å². The van der Waals surface area contributed by atoms with E-state index in [0.717, 1.165) is 48.0 Å². The predicted molar refractivity (Wildman–Crippen MR) is 146 cm³/mol. The molecule has 2 aliphatic carbocycles. The Bertz CT molecular complexity index is 945. The molecule has 0 radical (unpaired) electrons. The number of halogens is 2. The second kappa shape index (κ2) is 13.0. The van der Waals surface area contributed by atoms with Crippen LogP contribution in [0.5, 0.6) is 0 Å². The van der Waals surface area contributed by atoms with Gasteiger partial charge in [-0.3, -0.25) is 0 Å². The van der Waals surface area contributed by atoms with Gasteiger partial charge in [-0.25, -0.2) is 8.78 Å². The van der Waals surface area contributed by atoms with Gasteiger partial charge < -0.3 is 0 Å². The second-order valence-electron chi connectivity index (χ2n) is 11.6. The lowest BCUT2D eigenvalue weighted by atomic mass is 9.68. The molecule has 0 spiro atoms. The van der Waals surface area contributed by atoms with Crippen molar-refractivity contribution in [3.05, 3.63) is 59.7 Å². The highest BCUT2D eigenvalue weighted by Crippen LogP contribution is 2.43. The molecule has 0 saturated heterocycles. The Morgan fingerprint density at radius 3 is 2.09 bits per heavy atom. The average molecular weight is 481 g/mol. The molecule has 0 nitrogen and oxygen atoms in total. The molecule has 2 aromatic carbocycles. The number of aryl methyl sites for hydroxylation is 2. The lowest BCUT2D eigenvalue weighted by molar-refractivity contribution is 0.141. The Kier molecular flexibility index (Phi) is 9.81. The van der Waals surface area contributed by atoms with E-state index in [0.29, 0.717) is 23.3 Å². The molecule has 2 fully saturated rings. The van der Waals surface area contributed by atoms with Crippen molar-refractivity contribution in [2.45, 2.75) is 110 Å². The molecule has 0 N–H and O–H groups in total. The smallest absolute Gasteiger partial charge is 0.166 e. The molecule has 0 heterocycles. The minimum absolute atomic E-state index is 0.444. The van der Waals surface area contributed by atoms with E-state index >= 15 is 0 Å². The summed E-state index contributed by atoms with van der Waals surface area (Å²) in [6.07, 6.45) is 21.4. The molecule has 2 aromatic rings. The van der Waals surface area contributed by atoms with Crippen LogP contribution in [0.4, 0.5) is 8.78 Å². The quantitative estimate of drug-likeness (QED) is 0.222. The molecule has 0 aliphatic heterocycles. The molecule has 0 bridgehead atoms. The third kappa shape index (κ3) is 6.95. The molecular weight excluding hydrogens is 434 g/mol. The summed E-state index contributed by atoms with van der Waals surface area (Å²) >= 11 is 0. The van der Waals surface area contributed by atoms with E-state index in [9.17, 15) is 8.78 Å². The summed E-state index contributed by atoms with van der Waals surface area (Å²) in [7, 11) is 0. The van der Waals surface area contributed by atoms with Crippen molar-refractivity contribution in [1.82, 2.24) is 0 Å². The van der Waals surface area contributed by atoms with Crippen molar-refractivity contribution >= 4 is 10.8 Å². The first kappa shape index (κ1) is 26.4. The van der Waals surface area contributed by atoms with Crippen molar-refractivity contribution in [3.63, 3.8) is 0 Å². The number of allylic oxidation sites excluding steroid dienone is 1. The Morgan fingerprint density at radius 1 is 0.800 bits per heavy atom. The molecule has 2 heteroatoms. The Morgan fingerprint density at radius 2 is 1.46 bits per heavy atom. The predicted octanol–water partition coefficient (Wildman–Crippen LogP) is 10.4. The highest BCUT2D eigenvalue weighted by molar-refractivity contribution is 5.84. The maximum absolute atomic E-state index is 15.0. The normalized spacial score (nSPS) is 25.1. The summed E-state index contributed by atoms with van der Waals surface area (Å²) < 4.78 is 29.9. The first-order chi connectivity index (χ1) is 17.1. The SMILES string of the molecule is C=CCCC1CCC(C2CCC(CCc3cc4ccc(CCCCC)cc4c(F)c3F)CC2)CC1. The monoisotopic (exact) mass is 480 g/mol. The van der Waals surface area contributed by atoms with Crippen LogP contribution in [0.2, 0.25) is 0 Å². The number of benzene rings is 2. The summed E-state index contributed by atoms with van der Waals surface area (Å²) in [6, 6.07) is 7.84. The van der Waals surface area contributed by atoms with Crippen LogP contribution in [0.15, 0.2) is 36.9 Å². The summed E-state index contributed by atoms with van der Waals surface area (Å²) in [5.41, 5.74) is 1.67. The highest BCUT2D eigenvalue weighted by atomic mass is 19.2. The van der Waals surface area contributed by atoms with Crippen LogP contribution in [0.25, 0.3) is 10.8 Å². The molecule has 0 unspecified atom stereocenters. The van der Waals surface area contributed by atoms with Gasteiger partial charge >= 0.3 is 0 Å². The van der Waals surface area contributed by atoms with Gasteiger partial charge in [-0.05, 0) is 117 Å². The van der Waals surface area contributed by atoms with Crippen molar-refractivity contribution in [2.24, 2.45) is 23.7 Å². The van der Waals surface area contributed by atoms with E-state index in [1.807, 2.05) is 18.2 Å². The standard InChI is InChI=1S/C33H46F2/c1-3-5-7-9-26-15-20-29-23-30(32(34)33(35)31(29)22-26)21-14-25-12-18-28(19-13-25)27-16-10-24(11-17-27)8-6-4-2/h4,15,20,22-25,27-28H,2-3,5-14,16-19,21H2,1H3. The van der Waals surface area contributed by atoms with Crippen LogP contribution in [0.3, 0.4) is 0 Å². The number of rotatable bonds is 11. The van der Waals surface area contributed by atoms with Gasteiger partial charge in [0.2, 0.25) is 0 Å². The van der Waals surface area contributed by atoms with E-state index in [1.165, 1.54) is 77.0 Å². The van der Waals surface area contributed by atoms with E-state index in [4.69, 9.17) is 0 Å². The van der Waals surface area contributed by atoms with Gasteiger partial charge in [-0.2, -0.15) is 0 Å². The van der Waals surface area contributed by atoms with Crippen molar-refractivity contribution < 1.29 is 8.78 Å². The second-order valence-corrected chi connectivity index (χ2v) is 11.6. The molecule has 0 atom stereocenters. The zero-order chi connectivity index (χ0) is 24.6. The van der Waals surface area contributed by atoms with Crippen LogP contribution in [0, 0.1) is 35.3 Å². The molecule has 35 heavy (non-hydrogen) atoms. The number of hydrogen-bond acceptors (Lipinski definition) is 0. The zero-order valence-corrected chi connectivity index (χ0v) is 22.0. The fourth-order valence-corrected chi connectivity index (χ4v) is 6.96. The topological polar surface area (TPSA) is 0 Å². The van der Waals surface area contributed by atoms with Crippen LogP contribution >= 0.6 is 0 Å². The van der Waals surface area contributed by atoms with Crippen molar-refractivity contribution in [1.29, 1.82) is 0 Å². The van der Waals surface area contributed by atoms with Gasteiger partial charge in [0.1, 0.15) is 0 Å². The average Bonchev–Trinajstić information content (AvgIpc) is 2.90. The van der Waals surface area contributed by atoms with E-state index < -0.39 is 11.6 Å². The summed E-state index contributed by atoms with van der Waals surface area (Å²) in [6.45, 7) is 6.05. The zero-order valence-electron chi connectivity index (χ0n) is 22.0. The van der Waals surface area contributed by atoms with E-state index in [2.05, 4.69) is 25.6 Å². The van der Waals surface area contributed by atoms with Crippen LogP contribution in [-0.2, 0) is 12.8 Å². The fourth-order valence-electron chi connectivity index (χ4n) is 6.96. The van der Waals surface area contributed by atoms with E-state index in [1.54, 1.807) is 0 Å². The van der Waals surface area contributed by atoms with Gasteiger partial charge in [0.15, 0.2) is 11.6 Å². The van der Waals surface area contributed by atoms with Crippen LogP contribution < -0.4 is 0 Å². The number of fused-ring (bicyclic) bond motifs is 1. The van der Waals surface area contributed by atoms with Gasteiger partial charge in [0.25, 0.3) is 0 Å². The third-order valence-corrected chi connectivity index (χ3v) is 9.28. The molecule has 2 saturated carbocycles. The van der Waals surface area contributed by atoms with Gasteiger partial charge in [-0.15, -0.1) is 6.58 Å². The summed E-state index contributed by atoms with van der Waals surface area (Å²) in [4.78, 5) is 0. The highest BCUT2D eigenvalue weighted by Gasteiger charge is 2.30.